The van der Waals surface area contributed by atoms with Crippen LogP contribution in [-0.2, 0) is 9.59 Å². The van der Waals surface area contributed by atoms with Gasteiger partial charge in [0, 0.05) is 0 Å². The van der Waals surface area contributed by atoms with E-state index < -0.39 is 11.9 Å². The zero-order valence-electron chi connectivity index (χ0n) is 6.94. The van der Waals surface area contributed by atoms with E-state index in [2.05, 4.69) is 0 Å². The van der Waals surface area contributed by atoms with E-state index in [1.807, 2.05) is 0 Å². The molecule has 0 aromatic heterocycles. The first-order valence-electron chi connectivity index (χ1n) is 2.39. The second-order valence-corrected chi connectivity index (χ2v) is 1.36. The summed E-state index contributed by atoms with van der Waals surface area (Å²) in [6.45, 7) is 0. The van der Waals surface area contributed by atoms with Crippen LogP contribution in [0.3, 0.4) is 0 Å². The molecule has 0 saturated carbocycles. The maximum absolute atomic E-state index is 9.65. The third-order valence-electron chi connectivity index (χ3n) is 0.576. The van der Waals surface area contributed by atoms with Gasteiger partial charge in [0.2, 0.25) is 0 Å². The molecule has 54 valence electrons. The average molecular weight is 154 g/mol. The molecule has 0 N–H and O–H groups in total. The molecule has 4 nitrogen and oxygen atoms in total. The Morgan fingerprint density at radius 1 is 0.833 bits per heavy atom. The van der Waals surface area contributed by atoms with Gasteiger partial charge in [-0.25, -0.2) is 0 Å². The normalized spacial score (nSPS) is 9.00. The molecule has 0 radical (unpaired) electrons. The van der Waals surface area contributed by atoms with Crippen molar-refractivity contribution in [3.63, 3.8) is 0 Å². The maximum Gasteiger partial charge on any atom is 1.00 e. The van der Waals surface area contributed by atoms with Gasteiger partial charge in [-0.3, -0.25) is 0 Å². The minimum Gasteiger partial charge on any atom is -0.545 e. The summed E-state index contributed by atoms with van der Waals surface area (Å²) in [6, 6.07) is 0. The van der Waals surface area contributed by atoms with Crippen LogP contribution in [0.5, 0.6) is 0 Å². The second-order valence-electron chi connectivity index (χ2n) is 1.36. The van der Waals surface area contributed by atoms with Gasteiger partial charge in [-0.05, 0) is 12.2 Å². The van der Waals surface area contributed by atoms with Crippen LogP contribution in [-0.4, -0.2) is 11.9 Å². The van der Waals surface area contributed by atoms with Crippen LogP contribution >= 0.6 is 0 Å². The van der Waals surface area contributed by atoms with Crippen LogP contribution in [0.15, 0.2) is 24.3 Å². The van der Waals surface area contributed by atoms with E-state index in [0.717, 1.165) is 12.2 Å². The molecule has 12 heavy (non-hydrogen) atoms. The van der Waals surface area contributed by atoms with Gasteiger partial charge in [-0.15, -0.1) is 0 Å². The van der Waals surface area contributed by atoms with Gasteiger partial charge in [-0.2, -0.15) is 0 Å². The van der Waals surface area contributed by atoms with Crippen molar-refractivity contribution in [2.24, 2.45) is 0 Å². The van der Waals surface area contributed by atoms with Gasteiger partial charge >= 0.3 is 37.7 Å². The third-order valence-corrected chi connectivity index (χ3v) is 0.576. The molecule has 0 fully saturated rings. The summed E-state index contributed by atoms with van der Waals surface area (Å²) in [7, 11) is 0. The van der Waals surface area contributed by atoms with E-state index in [0.29, 0.717) is 12.2 Å². The summed E-state index contributed by atoms with van der Waals surface area (Å²) in [5.74, 6) is -2.74. The van der Waals surface area contributed by atoms with Gasteiger partial charge in [-0.1, -0.05) is 12.2 Å². The Balaban J connectivity index is -0.000000405. The van der Waals surface area contributed by atoms with Gasteiger partial charge < -0.3 is 19.8 Å². The average Bonchev–Trinajstić information content (AvgIpc) is 1.79. The van der Waals surface area contributed by atoms with Gasteiger partial charge in [0.05, 0.1) is 11.9 Å². The molecular weight excluding hydrogens is 150 g/mol. The molecule has 6 heteroatoms. The Morgan fingerprint density at radius 3 is 1.25 bits per heavy atom. The van der Waals surface area contributed by atoms with Crippen molar-refractivity contribution in [2.45, 2.75) is 0 Å². The molecule has 0 aromatic rings. The van der Waals surface area contributed by atoms with Crippen LogP contribution in [0.1, 0.15) is 0 Å². The zero-order valence-corrected chi connectivity index (χ0v) is 6.94. The van der Waals surface area contributed by atoms with Crippen LogP contribution < -0.4 is 47.9 Å². The number of carboxylic acids is 2. The van der Waals surface area contributed by atoms with Crippen molar-refractivity contribution in [1.29, 1.82) is 0 Å². The van der Waals surface area contributed by atoms with Crippen molar-refractivity contribution < 1.29 is 57.5 Å². The number of carbonyl (C=O) groups is 2. The maximum atomic E-state index is 9.65. The van der Waals surface area contributed by atoms with E-state index in [1.54, 1.807) is 0 Å². The van der Waals surface area contributed by atoms with E-state index >= 15 is 0 Å². The van der Waals surface area contributed by atoms with E-state index in [1.165, 1.54) is 0 Å². The summed E-state index contributed by atoms with van der Waals surface area (Å²) in [5, 5.41) is 19.3. The molecule has 0 amide bonds. The fourth-order valence-corrected chi connectivity index (χ4v) is 0.268. The fourth-order valence-electron chi connectivity index (χ4n) is 0.268. The molecule has 0 heterocycles. The van der Waals surface area contributed by atoms with Crippen LogP contribution in [0, 0.1) is 0 Å². The summed E-state index contributed by atoms with van der Waals surface area (Å²) >= 11 is 0. The molecule has 0 aliphatic carbocycles. The van der Waals surface area contributed by atoms with Crippen molar-refractivity contribution in [2.75, 3.05) is 0 Å². The quantitative estimate of drug-likeness (QED) is 0.229. The smallest absolute Gasteiger partial charge is 0.545 e. The molecule has 0 saturated heterocycles. The first kappa shape index (κ1) is 17.6. The van der Waals surface area contributed by atoms with Crippen LogP contribution in [0.25, 0.3) is 0 Å². The predicted molar refractivity (Wildman–Crippen MR) is 28.3 cm³/mol. The largest absolute Gasteiger partial charge is 1.00 e. The number of allylic oxidation sites excluding steroid dienone is 2. The van der Waals surface area contributed by atoms with Crippen molar-refractivity contribution in [3.05, 3.63) is 24.3 Å². The van der Waals surface area contributed by atoms with Crippen molar-refractivity contribution in [1.82, 2.24) is 0 Å². The summed E-state index contributed by atoms with van der Waals surface area (Å²) < 4.78 is 0. The number of hydrogen-bond acceptors (Lipinski definition) is 4. The predicted octanol–water partition coefficient (Wildman–Crippen LogP) is -8.39. The van der Waals surface area contributed by atoms with Crippen molar-refractivity contribution in [3.8, 4) is 0 Å². The molecule has 0 rings (SSSR count). The zero-order chi connectivity index (χ0) is 7.98. The minimum absolute atomic E-state index is 0. The minimum atomic E-state index is -1.37. The third kappa shape index (κ3) is 16.3. The summed E-state index contributed by atoms with van der Waals surface area (Å²) in [6.07, 6.45) is 3.48. The first-order chi connectivity index (χ1) is 4.63. The van der Waals surface area contributed by atoms with Gasteiger partial charge in [0.15, 0.2) is 0 Å². The van der Waals surface area contributed by atoms with E-state index in [9.17, 15) is 19.8 Å². The topological polar surface area (TPSA) is 80.3 Å². The van der Waals surface area contributed by atoms with Crippen molar-refractivity contribution >= 4 is 11.9 Å². The molecule has 0 spiro atoms. The van der Waals surface area contributed by atoms with Gasteiger partial charge in [0.1, 0.15) is 0 Å². The Kier molecular flexibility index (Phi) is 15.6. The molecular formula is C6H4Li2O4. The summed E-state index contributed by atoms with van der Waals surface area (Å²) in [5.41, 5.74) is 0. The Bertz CT molecular complexity index is 176. The Labute approximate surface area is 93.7 Å². The molecule has 0 atom stereocenters. The molecule has 0 bridgehead atoms. The van der Waals surface area contributed by atoms with Crippen LogP contribution in [0.2, 0.25) is 0 Å². The van der Waals surface area contributed by atoms with E-state index in [-0.39, 0.29) is 37.7 Å². The Morgan fingerprint density at radius 2 is 1.08 bits per heavy atom. The molecule has 0 unspecified atom stereocenters. The second kappa shape index (κ2) is 10.6. The molecule has 0 aliphatic heterocycles. The number of aliphatic carboxylic acids is 2. The van der Waals surface area contributed by atoms with Gasteiger partial charge in [0.25, 0.3) is 0 Å². The number of carboxylic acid groups (broad SMARTS) is 2. The number of hydrogen-bond donors (Lipinski definition) is 0. The number of carbonyl (C=O) groups excluding carboxylic acids is 2. The molecule has 0 aliphatic rings. The fraction of sp³-hybridized carbons (Fsp3) is 0. The molecule has 0 aromatic carbocycles. The first-order valence-corrected chi connectivity index (χ1v) is 2.39. The number of rotatable bonds is 3. The Hall–Kier alpha value is -0.385. The monoisotopic (exact) mass is 154 g/mol. The van der Waals surface area contributed by atoms with Crippen LogP contribution in [0.4, 0.5) is 0 Å². The summed E-state index contributed by atoms with van der Waals surface area (Å²) in [4.78, 5) is 19.3. The SMILES string of the molecule is O=C([O-])/C=C\C=C\C(=O)[O-].[Li+].[Li+]. The van der Waals surface area contributed by atoms with E-state index in [4.69, 9.17) is 0 Å². The standard InChI is InChI=1S/C6H6O4.2Li/c7-5(8)3-1-2-4-6(9)10;;/h1-4H,(H,7,8)(H,9,10);;/q;2*+1/p-2/b3-1-,4-2+;;.